The van der Waals surface area contributed by atoms with E-state index in [-0.39, 0.29) is 13.2 Å². The van der Waals surface area contributed by atoms with Gasteiger partial charge >= 0.3 is 5.97 Å². The molecule has 3 N–H and O–H groups in total. The first-order valence-electron chi connectivity index (χ1n) is 3.38. The van der Waals surface area contributed by atoms with Crippen LogP contribution in [-0.4, -0.2) is 30.3 Å². The third-order valence-electron chi connectivity index (χ3n) is 1.16. The average molecular weight is 159 g/mol. The van der Waals surface area contributed by atoms with Crippen molar-refractivity contribution in [2.24, 2.45) is 5.73 Å². The number of rotatable bonds is 5. The molecule has 0 aromatic heterocycles. The van der Waals surface area contributed by atoms with E-state index in [0.717, 1.165) is 6.08 Å². The molecule has 0 radical (unpaired) electrons. The lowest BCUT2D eigenvalue weighted by atomic mass is 10.2. The topological polar surface area (TPSA) is 72.5 Å². The van der Waals surface area contributed by atoms with Gasteiger partial charge < -0.3 is 15.6 Å². The predicted octanol–water partition coefficient (Wildman–Crippen LogP) is -0.575. The lowest BCUT2D eigenvalue weighted by molar-refractivity contribution is -0.143. The van der Waals surface area contributed by atoms with E-state index in [4.69, 9.17) is 15.6 Å². The summed E-state index contributed by atoms with van der Waals surface area (Å²) in [6.45, 7) is 3.42. The van der Waals surface area contributed by atoms with Gasteiger partial charge in [-0.3, -0.25) is 0 Å². The van der Waals surface area contributed by atoms with Gasteiger partial charge in [-0.1, -0.05) is 6.58 Å². The smallest absolute Gasteiger partial charge is 0.330 e. The van der Waals surface area contributed by atoms with Gasteiger partial charge in [-0.2, -0.15) is 0 Å². The Morgan fingerprint density at radius 2 is 2.45 bits per heavy atom. The summed E-state index contributed by atoms with van der Waals surface area (Å²) >= 11 is 0. The number of carbonyl (C=O) groups is 1. The van der Waals surface area contributed by atoms with Gasteiger partial charge in [0.15, 0.2) is 0 Å². The van der Waals surface area contributed by atoms with Gasteiger partial charge in [0.25, 0.3) is 0 Å². The standard InChI is InChI=1S/C7H13NO3/c1-2-7(10)11-6(5-8)3-4-9/h2,6,9H,1,3-5,8H2. The Kier molecular flexibility index (Phi) is 5.42. The molecule has 0 fully saturated rings. The number of ether oxygens (including phenoxy) is 1. The highest BCUT2D eigenvalue weighted by Gasteiger charge is 2.08. The second-order valence-corrected chi connectivity index (χ2v) is 2.01. The van der Waals surface area contributed by atoms with Gasteiger partial charge in [0.2, 0.25) is 0 Å². The van der Waals surface area contributed by atoms with E-state index >= 15 is 0 Å². The number of aliphatic hydroxyl groups excluding tert-OH is 1. The van der Waals surface area contributed by atoms with Crippen LogP contribution in [0.15, 0.2) is 12.7 Å². The van der Waals surface area contributed by atoms with Gasteiger partial charge in [0.05, 0.1) is 0 Å². The maximum atomic E-state index is 10.6. The number of aliphatic hydroxyl groups is 1. The van der Waals surface area contributed by atoms with Crippen molar-refractivity contribution in [3.05, 3.63) is 12.7 Å². The summed E-state index contributed by atoms with van der Waals surface area (Å²) in [4.78, 5) is 10.6. The fourth-order valence-corrected chi connectivity index (χ4v) is 0.581. The molecule has 0 saturated heterocycles. The molecule has 0 aliphatic heterocycles. The third kappa shape index (κ3) is 4.52. The minimum Gasteiger partial charge on any atom is -0.458 e. The Bertz CT molecular complexity index is 136. The highest BCUT2D eigenvalue weighted by Crippen LogP contribution is 1.96. The van der Waals surface area contributed by atoms with Crippen LogP contribution in [0.4, 0.5) is 0 Å². The van der Waals surface area contributed by atoms with Crippen LogP contribution in [0.3, 0.4) is 0 Å². The van der Waals surface area contributed by atoms with Crippen LogP contribution < -0.4 is 5.73 Å². The molecule has 0 spiro atoms. The number of carbonyl (C=O) groups excluding carboxylic acids is 1. The number of hydrogen-bond donors (Lipinski definition) is 2. The zero-order valence-corrected chi connectivity index (χ0v) is 6.32. The van der Waals surface area contributed by atoms with E-state index < -0.39 is 12.1 Å². The quantitative estimate of drug-likeness (QED) is 0.416. The molecule has 4 heteroatoms. The van der Waals surface area contributed by atoms with E-state index in [1.54, 1.807) is 0 Å². The molecule has 4 nitrogen and oxygen atoms in total. The fourth-order valence-electron chi connectivity index (χ4n) is 0.581. The molecule has 1 atom stereocenters. The van der Waals surface area contributed by atoms with Crippen molar-refractivity contribution in [2.75, 3.05) is 13.2 Å². The lowest BCUT2D eigenvalue weighted by Gasteiger charge is -2.12. The van der Waals surface area contributed by atoms with Crippen LogP contribution in [0, 0.1) is 0 Å². The van der Waals surface area contributed by atoms with Crippen LogP contribution >= 0.6 is 0 Å². The zero-order valence-electron chi connectivity index (χ0n) is 6.32. The van der Waals surface area contributed by atoms with E-state index in [1.807, 2.05) is 0 Å². The summed E-state index contributed by atoms with van der Waals surface area (Å²) in [5, 5.41) is 8.48. The SMILES string of the molecule is C=CC(=O)OC(CN)CCO. The normalized spacial score (nSPS) is 12.2. The van der Waals surface area contributed by atoms with Gasteiger partial charge in [0.1, 0.15) is 6.10 Å². The van der Waals surface area contributed by atoms with Crippen LogP contribution in [0.5, 0.6) is 0 Å². The van der Waals surface area contributed by atoms with E-state index in [0.29, 0.717) is 6.42 Å². The molecule has 1 unspecified atom stereocenters. The summed E-state index contributed by atoms with van der Waals surface area (Å²) < 4.78 is 4.75. The van der Waals surface area contributed by atoms with E-state index in [1.165, 1.54) is 0 Å². The number of nitrogens with two attached hydrogens (primary N) is 1. The summed E-state index contributed by atoms with van der Waals surface area (Å²) in [7, 11) is 0. The van der Waals surface area contributed by atoms with Crippen molar-refractivity contribution >= 4 is 5.97 Å². The second-order valence-electron chi connectivity index (χ2n) is 2.01. The predicted molar refractivity (Wildman–Crippen MR) is 40.8 cm³/mol. The largest absolute Gasteiger partial charge is 0.458 e. The Labute approximate surface area is 65.6 Å². The van der Waals surface area contributed by atoms with Crippen LogP contribution in [0.2, 0.25) is 0 Å². The molecule has 0 aliphatic carbocycles. The first kappa shape index (κ1) is 10.1. The molecular formula is C7H13NO3. The van der Waals surface area contributed by atoms with Crippen molar-refractivity contribution in [3.63, 3.8) is 0 Å². The molecule has 0 amide bonds. The molecule has 0 bridgehead atoms. The molecule has 11 heavy (non-hydrogen) atoms. The summed E-state index contributed by atoms with van der Waals surface area (Å²) in [6, 6.07) is 0. The van der Waals surface area contributed by atoms with Crippen molar-refractivity contribution in [2.45, 2.75) is 12.5 Å². The van der Waals surface area contributed by atoms with Gasteiger partial charge in [-0.25, -0.2) is 4.79 Å². The monoisotopic (exact) mass is 159 g/mol. The van der Waals surface area contributed by atoms with Crippen LogP contribution in [0.1, 0.15) is 6.42 Å². The molecule has 0 rings (SSSR count). The summed E-state index contributed by atoms with van der Waals surface area (Å²) in [5.74, 6) is -0.506. The second kappa shape index (κ2) is 5.88. The first-order valence-corrected chi connectivity index (χ1v) is 3.38. The van der Waals surface area contributed by atoms with E-state index in [9.17, 15) is 4.79 Å². The maximum absolute atomic E-state index is 10.6. The zero-order chi connectivity index (χ0) is 8.69. The maximum Gasteiger partial charge on any atom is 0.330 e. The highest BCUT2D eigenvalue weighted by atomic mass is 16.5. The van der Waals surface area contributed by atoms with Gasteiger partial charge in [0, 0.05) is 25.6 Å². The van der Waals surface area contributed by atoms with Crippen LogP contribution in [0.25, 0.3) is 0 Å². The molecule has 0 aliphatic rings. The molecule has 0 saturated carbocycles. The van der Waals surface area contributed by atoms with Crippen molar-refractivity contribution in [1.29, 1.82) is 0 Å². The fraction of sp³-hybridized carbons (Fsp3) is 0.571. The molecule has 64 valence electrons. The van der Waals surface area contributed by atoms with Crippen molar-refractivity contribution in [3.8, 4) is 0 Å². The molecule has 0 aromatic carbocycles. The lowest BCUT2D eigenvalue weighted by Crippen LogP contribution is -2.26. The first-order chi connectivity index (χ1) is 5.24. The molecule has 0 aromatic rings. The van der Waals surface area contributed by atoms with Crippen LogP contribution in [-0.2, 0) is 9.53 Å². The Hall–Kier alpha value is -0.870. The molecular weight excluding hydrogens is 146 g/mol. The molecule has 0 heterocycles. The average Bonchev–Trinajstić information content (AvgIpc) is 2.03. The van der Waals surface area contributed by atoms with Gasteiger partial charge in [-0.15, -0.1) is 0 Å². The van der Waals surface area contributed by atoms with Gasteiger partial charge in [-0.05, 0) is 0 Å². The Morgan fingerprint density at radius 3 is 2.82 bits per heavy atom. The number of hydrogen-bond acceptors (Lipinski definition) is 4. The van der Waals surface area contributed by atoms with Crippen molar-refractivity contribution in [1.82, 2.24) is 0 Å². The summed E-state index contributed by atoms with van der Waals surface area (Å²) in [5.41, 5.74) is 5.24. The summed E-state index contributed by atoms with van der Waals surface area (Å²) in [6.07, 6.45) is 1.04. The minimum atomic E-state index is -0.506. The Morgan fingerprint density at radius 1 is 1.82 bits per heavy atom. The number of esters is 1. The highest BCUT2D eigenvalue weighted by molar-refractivity contribution is 5.81. The van der Waals surface area contributed by atoms with E-state index in [2.05, 4.69) is 6.58 Å². The third-order valence-corrected chi connectivity index (χ3v) is 1.16. The minimum absolute atomic E-state index is 0.0354. The Balaban J connectivity index is 3.67. The van der Waals surface area contributed by atoms with Crippen molar-refractivity contribution < 1.29 is 14.6 Å².